The quantitative estimate of drug-likeness (QED) is 0.294. The van der Waals surface area contributed by atoms with Gasteiger partial charge in [0.15, 0.2) is 0 Å². The SMILES string of the molecule is CC(=O)[C@H]1SCN(C(=O)CCSSCCC(=O)N2CS[C@H](C(C)=O)[C@H]2C(=O)O)[C@@H]1C(=O)O. The third-order valence-corrected chi connectivity index (χ3v) is 10.0. The topological polar surface area (TPSA) is 149 Å². The van der Waals surface area contributed by atoms with E-state index in [4.69, 9.17) is 0 Å². The number of hydrogen-bond donors (Lipinski definition) is 2. The Bertz CT molecular complexity index is 731. The Morgan fingerprint density at radius 3 is 1.38 bits per heavy atom. The highest BCUT2D eigenvalue weighted by atomic mass is 33.1. The van der Waals surface area contributed by atoms with Crippen LogP contribution in [0.15, 0.2) is 0 Å². The van der Waals surface area contributed by atoms with Crippen molar-refractivity contribution in [3.63, 3.8) is 0 Å². The van der Waals surface area contributed by atoms with Gasteiger partial charge in [0.25, 0.3) is 0 Å². The highest BCUT2D eigenvalue weighted by molar-refractivity contribution is 8.76. The molecule has 10 nitrogen and oxygen atoms in total. The van der Waals surface area contributed by atoms with Crippen molar-refractivity contribution in [1.29, 1.82) is 0 Å². The van der Waals surface area contributed by atoms with Crippen LogP contribution >= 0.6 is 45.1 Å². The lowest BCUT2D eigenvalue weighted by Gasteiger charge is -2.23. The van der Waals surface area contributed by atoms with Gasteiger partial charge >= 0.3 is 11.9 Å². The molecule has 0 unspecified atom stereocenters. The maximum absolute atomic E-state index is 12.4. The number of carboxylic acid groups (broad SMARTS) is 2. The smallest absolute Gasteiger partial charge is 0.328 e. The summed E-state index contributed by atoms with van der Waals surface area (Å²) >= 11 is 2.29. The molecule has 178 valence electrons. The molecule has 0 spiro atoms. The minimum atomic E-state index is -1.20. The fourth-order valence-corrected chi connectivity index (χ4v) is 7.88. The van der Waals surface area contributed by atoms with Gasteiger partial charge in [-0.25, -0.2) is 9.59 Å². The number of ketones is 2. The van der Waals surface area contributed by atoms with Crippen molar-refractivity contribution in [3.8, 4) is 0 Å². The van der Waals surface area contributed by atoms with Gasteiger partial charge in [-0.15, -0.1) is 23.5 Å². The number of carbonyl (C=O) groups excluding carboxylic acids is 4. The maximum Gasteiger partial charge on any atom is 0.328 e. The molecule has 2 fully saturated rings. The van der Waals surface area contributed by atoms with Crippen LogP contribution in [0.3, 0.4) is 0 Å². The molecule has 2 aliphatic heterocycles. The molecule has 0 aromatic rings. The lowest BCUT2D eigenvalue weighted by Crippen LogP contribution is -2.47. The number of carbonyl (C=O) groups is 6. The van der Waals surface area contributed by atoms with Crippen molar-refractivity contribution in [2.24, 2.45) is 0 Å². The van der Waals surface area contributed by atoms with Gasteiger partial charge in [0.1, 0.15) is 23.7 Å². The molecule has 2 rings (SSSR count). The van der Waals surface area contributed by atoms with Gasteiger partial charge in [0, 0.05) is 24.3 Å². The van der Waals surface area contributed by atoms with Crippen LogP contribution in [-0.4, -0.2) is 101 Å². The number of nitrogens with zero attached hydrogens (tertiary/aromatic N) is 2. The van der Waals surface area contributed by atoms with Crippen LogP contribution in [0.4, 0.5) is 0 Å². The van der Waals surface area contributed by atoms with Gasteiger partial charge in [-0.2, -0.15) is 0 Å². The van der Waals surface area contributed by atoms with Gasteiger partial charge in [-0.05, 0) is 13.8 Å². The highest BCUT2D eigenvalue weighted by Crippen LogP contribution is 2.33. The zero-order chi connectivity index (χ0) is 24.0. The fraction of sp³-hybridized carbons (Fsp3) is 0.667. The first kappa shape index (κ1) is 26.9. The zero-order valence-corrected chi connectivity index (χ0v) is 20.7. The van der Waals surface area contributed by atoms with Crippen molar-refractivity contribution in [3.05, 3.63) is 0 Å². The zero-order valence-electron chi connectivity index (χ0n) is 17.4. The van der Waals surface area contributed by atoms with Crippen molar-refractivity contribution < 1.29 is 39.0 Å². The molecule has 0 radical (unpaired) electrons. The van der Waals surface area contributed by atoms with E-state index in [0.717, 1.165) is 23.5 Å². The third kappa shape index (κ3) is 6.58. The van der Waals surface area contributed by atoms with Gasteiger partial charge in [0.2, 0.25) is 11.8 Å². The lowest BCUT2D eigenvalue weighted by molar-refractivity contribution is -0.149. The van der Waals surface area contributed by atoms with Crippen LogP contribution in [-0.2, 0) is 28.8 Å². The summed E-state index contributed by atoms with van der Waals surface area (Å²) in [6, 6.07) is -2.31. The Morgan fingerprint density at radius 1 is 0.750 bits per heavy atom. The molecule has 14 heteroatoms. The van der Waals surface area contributed by atoms with Crippen LogP contribution in [0.25, 0.3) is 0 Å². The summed E-state index contributed by atoms with van der Waals surface area (Å²) in [5.74, 6) is -2.51. The summed E-state index contributed by atoms with van der Waals surface area (Å²) in [6.45, 7) is 2.63. The monoisotopic (exact) mass is 524 g/mol. The Morgan fingerprint density at radius 2 is 1.09 bits per heavy atom. The van der Waals surface area contributed by atoms with E-state index in [0.29, 0.717) is 11.5 Å². The van der Waals surface area contributed by atoms with E-state index in [2.05, 4.69) is 0 Å². The van der Waals surface area contributed by atoms with E-state index >= 15 is 0 Å². The lowest BCUT2D eigenvalue weighted by atomic mass is 10.1. The fourth-order valence-electron chi connectivity index (χ4n) is 3.31. The second-order valence-electron chi connectivity index (χ2n) is 7.09. The van der Waals surface area contributed by atoms with Gasteiger partial charge in [-0.3, -0.25) is 19.2 Å². The van der Waals surface area contributed by atoms with Crippen molar-refractivity contribution >= 4 is 80.4 Å². The normalized spacial score (nSPS) is 25.1. The average Bonchev–Trinajstić information content (AvgIpc) is 3.35. The van der Waals surface area contributed by atoms with E-state index in [9.17, 15) is 39.0 Å². The van der Waals surface area contributed by atoms with Crippen molar-refractivity contribution in [1.82, 2.24) is 9.80 Å². The predicted octanol–water partition coefficient (Wildman–Crippen LogP) is 1.04. The first-order valence-electron chi connectivity index (χ1n) is 9.59. The standard InChI is InChI=1S/C18H24N2O8S4/c1-9(21)15-13(17(25)26)19(7-29-15)11(23)3-5-31-32-6-4-12(24)20-8-30-16(10(2)22)14(20)18(27)28/h13-16H,3-8H2,1-2H3,(H,25,26)(H,27,28)/t13-,14-,15+,16+/m0/s1. The summed E-state index contributed by atoms with van der Waals surface area (Å²) in [6.07, 6.45) is 0.204. The Balaban J connectivity index is 1.72. The summed E-state index contributed by atoms with van der Waals surface area (Å²) in [7, 11) is 2.71. The number of aliphatic carboxylic acids is 2. The Labute approximate surface area is 201 Å². The number of rotatable bonds is 11. The molecule has 2 amide bonds. The van der Waals surface area contributed by atoms with Gasteiger partial charge < -0.3 is 20.0 Å². The third-order valence-electron chi connectivity index (χ3n) is 4.86. The Kier molecular flexibility index (Phi) is 10.2. The largest absolute Gasteiger partial charge is 0.480 e. The molecular formula is C18H24N2O8S4. The number of hydrogen-bond acceptors (Lipinski definition) is 10. The van der Waals surface area contributed by atoms with Crippen molar-refractivity contribution in [2.45, 2.75) is 49.3 Å². The van der Waals surface area contributed by atoms with E-state index in [1.54, 1.807) is 0 Å². The van der Waals surface area contributed by atoms with Gasteiger partial charge in [-0.1, -0.05) is 21.6 Å². The molecule has 2 N–H and O–H groups in total. The number of Topliss-reactive ketones (excluding diaryl/α,β-unsaturated/α-hetero) is 2. The molecule has 4 atom stereocenters. The van der Waals surface area contributed by atoms with E-state index in [1.165, 1.54) is 45.2 Å². The maximum atomic E-state index is 12.4. The molecule has 2 aliphatic rings. The molecule has 0 saturated carbocycles. The first-order chi connectivity index (χ1) is 15.1. The molecule has 0 aromatic carbocycles. The molecule has 0 aromatic heterocycles. The van der Waals surface area contributed by atoms with Crippen LogP contribution in [0.5, 0.6) is 0 Å². The molecular weight excluding hydrogens is 500 g/mol. The number of carboxylic acids is 2. The van der Waals surface area contributed by atoms with Crippen LogP contribution in [0.2, 0.25) is 0 Å². The summed E-state index contributed by atoms with van der Waals surface area (Å²) < 4.78 is 0. The number of thioether (sulfide) groups is 2. The van der Waals surface area contributed by atoms with Gasteiger partial charge in [0.05, 0.1) is 22.3 Å². The van der Waals surface area contributed by atoms with Crippen LogP contribution in [0.1, 0.15) is 26.7 Å². The van der Waals surface area contributed by atoms with E-state index in [-0.39, 0.29) is 48.0 Å². The predicted molar refractivity (Wildman–Crippen MR) is 125 cm³/mol. The first-order valence-corrected chi connectivity index (χ1v) is 14.2. The van der Waals surface area contributed by atoms with E-state index in [1.807, 2.05) is 0 Å². The average molecular weight is 525 g/mol. The number of amides is 2. The van der Waals surface area contributed by atoms with Crippen LogP contribution < -0.4 is 0 Å². The molecule has 2 saturated heterocycles. The highest BCUT2D eigenvalue weighted by Gasteiger charge is 2.45. The minimum absolute atomic E-state index is 0.102. The molecule has 0 bridgehead atoms. The summed E-state index contributed by atoms with van der Waals surface area (Å²) in [5.41, 5.74) is 0. The minimum Gasteiger partial charge on any atom is -0.480 e. The second kappa shape index (κ2) is 12.2. The Hall–Kier alpha value is -1.38. The van der Waals surface area contributed by atoms with E-state index < -0.39 is 34.5 Å². The van der Waals surface area contributed by atoms with Crippen molar-refractivity contribution in [2.75, 3.05) is 23.3 Å². The second-order valence-corrected chi connectivity index (χ2v) is 12.0. The summed E-state index contributed by atoms with van der Waals surface area (Å²) in [4.78, 5) is 73.4. The summed E-state index contributed by atoms with van der Waals surface area (Å²) in [5, 5.41) is 17.2. The molecule has 0 aliphatic carbocycles. The molecule has 32 heavy (non-hydrogen) atoms. The molecule has 2 heterocycles. The van der Waals surface area contributed by atoms with Crippen LogP contribution in [0, 0.1) is 0 Å².